The Balaban J connectivity index is 2.58. The van der Waals surface area contributed by atoms with Crippen LogP contribution in [0, 0.1) is 0 Å². The summed E-state index contributed by atoms with van der Waals surface area (Å²) in [5, 5.41) is 5.52. The van der Waals surface area contributed by atoms with Crippen LogP contribution < -0.4 is 16.4 Å². The van der Waals surface area contributed by atoms with E-state index in [4.69, 9.17) is 5.73 Å². The largest absolute Gasteiger partial charge is 0.351 e. The summed E-state index contributed by atoms with van der Waals surface area (Å²) in [7, 11) is 0. The third-order valence-electron chi connectivity index (χ3n) is 3.13. The van der Waals surface area contributed by atoms with Crippen LogP contribution in [0.25, 0.3) is 0 Å². The van der Waals surface area contributed by atoms with Crippen LogP contribution in [0.4, 0.5) is 5.69 Å². The number of unbranched alkanes of at least 4 members (excludes halogenated alkanes) is 3. The van der Waals surface area contributed by atoms with Crippen molar-refractivity contribution in [1.29, 1.82) is 0 Å². The highest BCUT2D eigenvalue weighted by Crippen LogP contribution is 2.15. The molecule has 0 heterocycles. The molecule has 21 heavy (non-hydrogen) atoms. The maximum Gasteiger partial charge on any atom is 0.253 e. The Hall–Kier alpha value is -1.88. The second-order valence-electron chi connectivity index (χ2n) is 4.95. The zero-order valence-corrected chi connectivity index (χ0v) is 12.7. The topological polar surface area (TPSA) is 84.2 Å². The number of amides is 2. The number of nitrogens with two attached hydrogens (primary N) is 1. The number of nitrogens with one attached hydrogen (secondary N) is 2. The average Bonchev–Trinajstić information content (AvgIpc) is 2.50. The van der Waals surface area contributed by atoms with Crippen molar-refractivity contribution in [1.82, 2.24) is 5.32 Å². The summed E-state index contributed by atoms with van der Waals surface area (Å²) in [6, 6.07) is 7.00. The summed E-state index contributed by atoms with van der Waals surface area (Å²) in [6.07, 6.45) is 4.71. The predicted octanol–water partition coefficient (Wildman–Crippen LogP) is 2.28. The van der Waals surface area contributed by atoms with Crippen LogP contribution in [-0.4, -0.2) is 24.9 Å². The van der Waals surface area contributed by atoms with Gasteiger partial charge in [0.25, 0.3) is 5.91 Å². The van der Waals surface area contributed by atoms with Crippen LogP contribution in [0.3, 0.4) is 0 Å². The van der Waals surface area contributed by atoms with Gasteiger partial charge in [0.2, 0.25) is 5.91 Å². The first-order chi connectivity index (χ1) is 10.2. The van der Waals surface area contributed by atoms with Crippen LogP contribution in [0.1, 0.15) is 49.4 Å². The van der Waals surface area contributed by atoms with Gasteiger partial charge < -0.3 is 16.4 Å². The van der Waals surface area contributed by atoms with Crippen LogP contribution >= 0.6 is 0 Å². The van der Waals surface area contributed by atoms with Gasteiger partial charge in [0.05, 0.1) is 11.3 Å². The SMILES string of the molecule is CCCCCCC(=O)Nc1ccccc1C(=O)NCCN. The molecule has 0 aliphatic carbocycles. The van der Waals surface area contributed by atoms with Crippen LogP contribution in [-0.2, 0) is 4.79 Å². The third kappa shape index (κ3) is 6.40. The predicted molar refractivity (Wildman–Crippen MR) is 85.2 cm³/mol. The van der Waals surface area contributed by atoms with E-state index in [0.717, 1.165) is 25.7 Å². The van der Waals surface area contributed by atoms with E-state index in [1.807, 2.05) is 0 Å². The van der Waals surface area contributed by atoms with E-state index in [1.165, 1.54) is 0 Å². The van der Waals surface area contributed by atoms with Gasteiger partial charge in [0, 0.05) is 19.5 Å². The molecular formula is C16H25N3O2. The van der Waals surface area contributed by atoms with Gasteiger partial charge in [-0.3, -0.25) is 9.59 Å². The summed E-state index contributed by atoms with van der Waals surface area (Å²) in [5.41, 5.74) is 6.38. The van der Waals surface area contributed by atoms with Crippen molar-refractivity contribution in [3.05, 3.63) is 29.8 Å². The van der Waals surface area contributed by atoms with Gasteiger partial charge in [-0.2, -0.15) is 0 Å². The molecule has 116 valence electrons. The van der Waals surface area contributed by atoms with E-state index in [9.17, 15) is 9.59 Å². The van der Waals surface area contributed by atoms with Crippen LogP contribution in [0.2, 0.25) is 0 Å². The molecule has 0 fully saturated rings. The number of benzene rings is 1. The van der Waals surface area contributed by atoms with Gasteiger partial charge in [-0.1, -0.05) is 38.3 Å². The minimum absolute atomic E-state index is 0.0508. The quantitative estimate of drug-likeness (QED) is 0.610. The fourth-order valence-corrected chi connectivity index (χ4v) is 2.00. The second-order valence-corrected chi connectivity index (χ2v) is 4.95. The lowest BCUT2D eigenvalue weighted by molar-refractivity contribution is -0.116. The molecule has 1 aromatic rings. The molecule has 5 nitrogen and oxygen atoms in total. The van der Waals surface area contributed by atoms with Gasteiger partial charge >= 0.3 is 0 Å². The van der Waals surface area contributed by atoms with Crippen molar-refractivity contribution >= 4 is 17.5 Å². The van der Waals surface area contributed by atoms with Crippen molar-refractivity contribution in [2.45, 2.75) is 39.0 Å². The van der Waals surface area contributed by atoms with Crippen molar-refractivity contribution < 1.29 is 9.59 Å². The molecule has 0 saturated heterocycles. The summed E-state index contributed by atoms with van der Waals surface area (Å²) in [6.45, 7) is 2.94. The van der Waals surface area contributed by atoms with Crippen molar-refractivity contribution in [3.63, 3.8) is 0 Å². The molecule has 5 heteroatoms. The molecule has 0 aliphatic heterocycles. The molecule has 0 atom stereocenters. The van der Waals surface area contributed by atoms with E-state index in [2.05, 4.69) is 17.6 Å². The van der Waals surface area contributed by atoms with Gasteiger partial charge in [-0.05, 0) is 18.6 Å². The summed E-state index contributed by atoms with van der Waals surface area (Å²) in [4.78, 5) is 23.9. The summed E-state index contributed by atoms with van der Waals surface area (Å²) >= 11 is 0. The molecular weight excluding hydrogens is 266 g/mol. The van der Waals surface area contributed by atoms with Crippen molar-refractivity contribution in [2.24, 2.45) is 5.73 Å². The van der Waals surface area contributed by atoms with E-state index < -0.39 is 0 Å². The monoisotopic (exact) mass is 291 g/mol. The molecule has 0 aliphatic rings. The minimum atomic E-state index is -0.220. The molecule has 0 bridgehead atoms. The highest BCUT2D eigenvalue weighted by atomic mass is 16.2. The van der Waals surface area contributed by atoms with Crippen molar-refractivity contribution in [2.75, 3.05) is 18.4 Å². The van der Waals surface area contributed by atoms with E-state index in [0.29, 0.717) is 30.8 Å². The fourth-order valence-electron chi connectivity index (χ4n) is 2.00. The fraction of sp³-hybridized carbons (Fsp3) is 0.500. The number of anilines is 1. The molecule has 4 N–H and O–H groups in total. The third-order valence-corrected chi connectivity index (χ3v) is 3.13. The number of carbonyl (C=O) groups is 2. The number of rotatable bonds is 9. The van der Waals surface area contributed by atoms with Gasteiger partial charge in [0.15, 0.2) is 0 Å². The standard InChI is InChI=1S/C16H25N3O2/c1-2-3-4-5-10-15(20)19-14-9-7-6-8-13(14)16(21)18-12-11-17/h6-9H,2-5,10-12,17H2,1H3,(H,18,21)(H,19,20). The first-order valence-corrected chi connectivity index (χ1v) is 7.56. The highest BCUT2D eigenvalue weighted by molar-refractivity contribution is 6.03. The number of para-hydroxylation sites is 1. The summed E-state index contributed by atoms with van der Waals surface area (Å²) in [5.74, 6) is -0.271. The zero-order chi connectivity index (χ0) is 15.5. The molecule has 1 aromatic carbocycles. The number of hydrogen-bond donors (Lipinski definition) is 3. The normalized spacial score (nSPS) is 10.2. The molecule has 0 spiro atoms. The first-order valence-electron chi connectivity index (χ1n) is 7.56. The molecule has 0 saturated carbocycles. The minimum Gasteiger partial charge on any atom is -0.351 e. The van der Waals surface area contributed by atoms with E-state index >= 15 is 0 Å². The van der Waals surface area contributed by atoms with Crippen molar-refractivity contribution in [3.8, 4) is 0 Å². The lowest BCUT2D eigenvalue weighted by Gasteiger charge is -2.11. The van der Waals surface area contributed by atoms with Crippen LogP contribution in [0.15, 0.2) is 24.3 Å². The Kier molecular flexibility index (Phi) is 8.12. The smallest absolute Gasteiger partial charge is 0.253 e. The lowest BCUT2D eigenvalue weighted by Crippen LogP contribution is -2.29. The van der Waals surface area contributed by atoms with Gasteiger partial charge in [0.1, 0.15) is 0 Å². The maximum absolute atomic E-state index is 12.0. The Labute approximate surface area is 126 Å². The maximum atomic E-state index is 12.0. The van der Waals surface area contributed by atoms with Gasteiger partial charge in [-0.25, -0.2) is 0 Å². The molecule has 0 radical (unpaired) electrons. The number of hydrogen-bond acceptors (Lipinski definition) is 3. The van der Waals surface area contributed by atoms with E-state index in [1.54, 1.807) is 24.3 Å². The van der Waals surface area contributed by atoms with E-state index in [-0.39, 0.29) is 11.8 Å². The number of carbonyl (C=O) groups excluding carboxylic acids is 2. The zero-order valence-electron chi connectivity index (χ0n) is 12.7. The Morgan fingerprint density at radius 2 is 1.90 bits per heavy atom. The Bertz CT molecular complexity index is 461. The molecule has 0 aromatic heterocycles. The Morgan fingerprint density at radius 1 is 1.14 bits per heavy atom. The molecule has 0 unspecified atom stereocenters. The average molecular weight is 291 g/mol. The lowest BCUT2D eigenvalue weighted by atomic mass is 10.1. The Morgan fingerprint density at radius 3 is 2.62 bits per heavy atom. The highest BCUT2D eigenvalue weighted by Gasteiger charge is 2.12. The molecule has 1 rings (SSSR count). The summed E-state index contributed by atoms with van der Waals surface area (Å²) < 4.78 is 0. The molecule has 2 amide bonds. The van der Waals surface area contributed by atoms with Crippen LogP contribution in [0.5, 0.6) is 0 Å². The second kappa shape index (κ2) is 9.94. The van der Waals surface area contributed by atoms with Gasteiger partial charge in [-0.15, -0.1) is 0 Å². The first kappa shape index (κ1) is 17.2.